The molecule has 1 N–H and O–H groups in total. The maximum atomic E-state index is 14.3. The molecule has 2 fully saturated rings. The first-order valence-electron chi connectivity index (χ1n) is 12.8. The van der Waals surface area contributed by atoms with Gasteiger partial charge >= 0.3 is 6.09 Å². The molecule has 7 nitrogen and oxygen atoms in total. The Balaban J connectivity index is 1.77. The number of benzene rings is 2. The van der Waals surface area contributed by atoms with E-state index in [0.717, 1.165) is 5.56 Å². The molecule has 2 unspecified atom stereocenters. The van der Waals surface area contributed by atoms with Crippen molar-refractivity contribution in [3.05, 3.63) is 64.7 Å². The Morgan fingerprint density at radius 3 is 2.47 bits per heavy atom. The maximum Gasteiger partial charge on any atom is 0.410 e. The largest absolute Gasteiger partial charge is 0.453 e. The minimum absolute atomic E-state index is 0.130. The molecule has 2 aliphatic rings. The minimum Gasteiger partial charge on any atom is -0.453 e. The molecule has 1 aliphatic heterocycles. The van der Waals surface area contributed by atoms with Gasteiger partial charge in [-0.1, -0.05) is 41.9 Å². The molecule has 204 valence electrons. The van der Waals surface area contributed by atoms with Gasteiger partial charge in [0, 0.05) is 41.7 Å². The highest BCUT2D eigenvalue weighted by Gasteiger charge is 2.43. The van der Waals surface area contributed by atoms with E-state index in [1.807, 2.05) is 13.0 Å². The van der Waals surface area contributed by atoms with Gasteiger partial charge in [0.1, 0.15) is 12.1 Å². The number of alkyl halides is 2. The molecule has 4 rings (SSSR count). The molecular formula is C28H32ClF2N3O4. The number of hydrogen-bond acceptors (Lipinski definition) is 4. The number of methoxy groups -OCH3 is 1. The summed E-state index contributed by atoms with van der Waals surface area (Å²) < 4.78 is 32.4. The number of halogens is 3. The van der Waals surface area contributed by atoms with E-state index in [0.29, 0.717) is 30.6 Å². The molecule has 0 aromatic heterocycles. The number of anilines is 1. The number of nitrogens with zero attached hydrogens (tertiary/aromatic N) is 2. The molecule has 2 aromatic carbocycles. The summed E-state index contributed by atoms with van der Waals surface area (Å²) in [6, 6.07) is 11.4. The third kappa shape index (κ3) is 6.09. The lowest BCUT2D eigenvalue weighted by Crippen LogP contribution is -2.53. The van der Waals surface area contributed by atoms with Crippen molar-refractivity contribution in [3.8, 4) is 0 Å². The van der Waals surface area contributed by atoms with Gasteiger partial charge in [-0.15, -0.1) is 0 Å². The van der Waals surface area contributed by atoms with Crippen LogP contribution in [0.25, 0.3) is 0 Å². The summed E-state index contributed by atoms with van der Waals surface area (Å²) >= 11 is 6.57. The number of carbonyl (C=O) groups excluding carboxylic acids is 3. The first-order valence-corrected chi connectivity index (χ1v) is 13.2. The van der Waals surface area contributed by atoms with Crippen molar-refractivity contribution in [1.82, 2.24) is 10.2 Å². The normalized spacial score (nSPS) is 20.0. The zero-order chi connectivity index (χ0) is 27.4. The van der Waals surface area contributed by atoms with Gasteiger partial charge in [0.15, 0.2) is 0 Å². The van der Waals surface area contributed by atoms with Crippen LogP contribution < -0.4 is 10.2 Å². The molecule has 1 saturated heterocycles. The molecule has 2 aromatic rings. The molecule has 2 atom stereocenters. The van der Waals surface area contributed by atoms with Crippen LogP contribution in [0.1, 0.15) is 55.7 Å². The summed E-state index contributed by atoms with van der Waals surface area (Å²) in [5, 5.41) is 3.19. The van der Waals surface area contributed by atoms with Gasteiger partial charge in [-0.3, -0.25) is 19.4 Å². The molecule has 38 heavy (non-hydrogen) atoms. The molecule has 1 heterocycles. The molecule has 1 saturated carbocycles. The zero-order valence-electron chi connectivity index (χ0n) is 21.5. The molecule has 3 amide bonds. The van der Waals surface area contributed by atoms with E-state index in [1.165, 1.54) is 16.9 Å². The molecule has 0 spiro atoms. The average Bonchev–Trinajstić information content (AvgIpc) is 3.38. The lowest BCUT2D eigenvalue weighted by Gasteiger charge is -2.37. The van der Waals surface area contributed by atoms with E-state index in [2.05, 4.69) is 5.32 Å². The van der Waals surface area contributed by atoms with Crippen molar-refractivity contribution in [1.29, 1.82) is 0 Å². The van der Waals surface area contributed by atoms with E-state index in [1.54, 1.807) is 42.5 Å². The van der Waals surface area contributed by atoms with E-state index in [9.17, 15) is 23.2 Å². The number of likely N-dealkylation sites (tertiary alicyclic amines) is 1. The summed E-state index contributed by atoms with van der Waals surface area (Å²) in [5.74, 6) is -3.72. The smallest absolute Gasteiger partial charge is 0.410 e. The average molecular weight is 548 g/mol. The van der Waals surface area contributed by atoms with Crippen molar-refractivity contribution >= 4 is 35.2 Å². The van der Waals surface area contributed by atoms with Crippen LogP contribution in [0.3, 0.4) is 0 Å². The summed E-state index contributed by atoms with van der Waals surface area (Å²) in [5.41, 5.74) is 1.72. The fourth-order valence-corrected chi connectivity index (χ4v) is 5.50. The predicted octanol–water partition coefficient (Wildman–Crippen LogP) is 5.65. The van der Waals surface area contributed by atoms with E-state index in [4.69, 9.17) is 16.3 Å². The van der Waals surface area contributed by atoms with Crippen LogP contribution in [0.15, 0.2) is 48.5 Å². The lowest BCUT2D eigenvalue weighted by molar-refractivity contribution is -0.129. The van der Waals surface area contributed by atoms with Gasteiger partial charge in [-0.25, -0.2) is 13.6 Å². The Kier molecular flexibility index (Phi) is 8.55. The minimum atomic E-state index is -2.74. The van der Waals surface area contributed by atoms with Gasteiger partial charge in [0.2, 0.25) is 11.8 Å². The number of nitrogens with one attached hydrogen (secondary N) is 1. The number of ether oxygens (including phenoxy) is 1. The van der Waals surface area contributed by atoms with Crippen molar-refractivity contribution in [3.63, 3.8) is 0 Å². The van der Waals surface area contributed by atoms with Crippen molar-refractivity contribution < 1.29 is 27.9 Å². The van der Waals surface area contributed by atoms with Crippen LogP contribution in [0.4, 0.5) is 19.3 Å². The molecule has 0 bridgehead atoms. The van der Waals surface area contributed by atoms with Crippen molar-refractivity contribution in [2.45, 2.75) is 69.5 Å². The van der Waals surface area contributed by atoms with Gasteiger partial charge in [0.05, 0.1) is 7.11 Å². The van der Waals surface area contributed by atoms with E-state index in [-0.39, 0.29) is 30.7 Å². The monoisotopic (exact) mass is 547 g/mol. The van der Waals surface area contributed by atoms with Crippen LogP contribution in [0.5, 0.6) is 0 Å². The highest BCUT2D eigenvalue weighted by Crippen LogP contribution is 2.37. The Bertz CT molecular complexity index is 1180. The third-order valence-corrected chi connectivity index (χ3v) is 7.58. The highest BCUT2D eigenvalue weighted by atomic mass is 35.5. The summed E-state index contributed by atoms with van der Waals surface area (Å²) in [6.07, 6.45) is 0.0245. The standard InChI is InChI=1S/C28H32ClF2N3O4/c1-18-7-5-8-20(17-18)34(26(36)23-11-6-16-33(23)27(37)38-2)24(21-9-3-4-10-22(21)29)25(35)32-19-12-14-28(30,31)15-13-19/h3-5,7-10,17,19,23-24H,6,11-16H2,1-2H3,(H,32,35). The van der Waals surface area contributed by atoms with Crippen LogP contribution in [-0.4, -0.2) is 54.5 Å². The lowest BCUT2D eigenvalue weighted by atomic mass is 9.91. The predicted molar refractivity (Wildman–Crippen MR) is 140 cm³/mol. The van der Waals surface area contributed by atoms with Crippen molar-refractivity contribution in [2.75, 3.05) is 18.6 Å². The Morgan fingerprint density at radius 1 is 1.11 bits per heavy atom. The summed E-state index contributed by atoms with van der Waals surface area (Å²) in [4.78, 5) is 43.4. The highest BCUT2D eigenvalue weighted by molar-refractivity contribution is 6.31. The zero-order valence-corrected chi connectivity index (χ0v) is 22.2. The number of hydrogen-bond donors (Lipinski definition) is 1. The number of aryl methyl sites for hydroxylation is 1. The number of rotatable bonds is 6. The van der Waals surface area contributed by atoms with Crippen molar-refractivity contribution in [2.24, 2.45) is 0 Å². The Morgan fingerprint density at radius 2 is 1.82 bits per heavy atom. The number of carbonyl (C=O) groups is 3. The summed E-state index contributed by atoms with van der Waals surface area (Å²) in [6.45, 7) is 2.22. The van der Waals surface area contributed by atoms with Crippen LogP contribution in [-0.2, 0) is 14.3 Å². The van der Waals surface area contributed by atoms with Crippen LogP contribution in [0, 0.1) is 6.92 Å². The first-order chi connectivity index (χ1) is 18.1. The number of amides is 3. The summed E-state index contributed by atoms with van der Waals surface area (Å²) in [7, 11) is 1.26. The fourth-order valence-electron chi connectivity index (χ4n) is 5.26. The maximum absolute atomic E-state index is 14.3. The molecule has 10 heteroatoms. The third-order valence-electron chi connectivity index (χ3n) is 7.23. The van der Waals surface area contributed by atoms with E-state index >= 15 is 0 Å². The van der Waals surface area contributed by atoms with Gasteiger partial charge < -0.3 is 10.1 Å². The van der Waals surface area contributed by atoms with E-state index < -0.39 is 42.0 Å². The molecule has 1 aliphatic carbocycles. The van der Waals surface area contributed by atoms with Crippen LogP contribution in [0.2, 0.25) is 5.02 Å². The Labute approximate surface area is 226 Å². The second-order valence-electron chi connectivity index (χ2n) is 9.93. The first kappa shape index (κ1) is 27.8. The quantitative estimate of drug-likeness (QED) is 0.507. The second-order valence-corrected chi connectivity index (χ2v) is 10.3. The topological polar surface area (TPSA) is 79.0 Å². The fraction of sp³-hybridized carbons (Fsp3) is 0.464. The SMILES string of the molecule is COC(=O)N1CCCC1C(=O)N(c1cccc(C)c1)C(C(=O)NC1CCC(F)(F)CC1)c1ccccc1Cl. The second kappa shape index (κ2) is 11.7. The Hall–Kier alpha value is -3.20. The van der Waals surface area contributed by atoms with Gasteiger partial charge in [0.25, 0.3) is 5.91 Å². The van der Waals surface area contributed by atoms with Gasteiger partial charge in [-0.05, 0) is 56.4 Å². The molecule has 0 radical (unpaired) electrons. The van der Waals surface area contributed by atoms with Gasteiger partial charge in [-0.2, -0.15) is 0 Å². The van der Waals surface area contributed by atoms with Crippen LogP contribution >= 0.6 is 11.6 Å². The molecular weight excluding hydrogens is 516 g/mol.